The number of hydrogen-bond acceptors (Lipinski definition) is 2. The molecular formula is C15H17BrClNS. The average molecular weight is 359 g/mol. The van der Waals surface area contributed by atoms with E-state index < -0.39 is 0 Å². The Labute approximate surface area is 132 Å². The summed E-state index contributed by atoms with van der Waals surface area (Å²) >= 11 is 11.6. The molecule has 1 atom stereocenters. The molecule has 0 saturated heterocycles. The Bertz CT molecular complexity index is 526. The van der Waals surface area contributed by atoms with Crippen molar-refractivity contribution in [3.8, 4) is 0 Å². The highest BCUT2D eigenvalue weighted by Crippen LogP contribution is 2.30. The van der Waals surface area contributed by atoms with Crippen molar-refractivity contribution in [3.05, 3.63) is 55.6 Å². The summed E-state index contributed by atoms with van der Waals surface area (Å²) in [7, 11) is 0. The Morgan fingerprint density at radius 3 is 2.79 bits per heavy atom. The molecule has 0 amide bonds. The van der Waals surface area contributed by atoms with Crippen LogP contribution in [0.3, 0.4) is 0 Å². The van der Waals surface area contributed by atoms with Gasteiger partial charge < -0.3 is 5.32 Å². The normalized spacial score (nSPS) is 12.6. The first-order valence-corrected chi connectivity index (χ1v) is 8.43. The van der Waals surface area contributed by atoms with Gasteiger partial charge in [-0.15, -0.1) is 11.3 Å². The molecule has 0 saturated carbocycles. The molecule has 1 unspecified atom stereocenters. The van der Waals surface area contributed by atoms with Gasteiger partial charge in [0, 0.05) is 32.2 Å². The van der Waals surface area contributed by atoms with Crippen LogP contribution >= 0.6 is 38.9 Å². The lowest BCUT2D eigenvalue weighted by Gasteiger charge is -2.18. The fraction of sp³-hybridized carbons (Fsp3) is 0.333. The van der Waals surface area contributed by atoms with E-state index in [4.69, 9.17) is 11.6 Å². The second-order valence-electron chi connectivity index (χ2n) is 4.46. The molecule has 0 spiro atoms. The Morgan fingerprint density at radius 2 is 2.16 bits per heavy atom. The van der Waals surface area contributed by atoms with Gasteiger partial charge >= 0.3 is 0 Å². The van der Waals surface area contributed by atoms with Crippen molar-refractivity contribution in [1.82, 2.24) is 5.32 Å². The first-order valence-electron chi connectivity index (χ1n) is 6.38. The fourth-order valence-corrected chi connectivity index (χ4v) is 3.94. The molecule has 0 aliphatic heterocycles. The van der Waals surface area contributed by atoms with Crippen molar-refractivity contribution < 1.29 is 0 Å². The molecule has 1 aromatic carbocycles. The van der Waals surface area contributed by atoms with Gasteiger partial charge in [-0.3, -0.25) is 0 Å². The monoisotopic (exact) mass is 357 g/mol. The van der Waals surface area contributed by atoms with Gasteiger partial charge in [0.15, 0.2) is 0 Å². The van der Waals surface area contributed by atoms with Crippen LogP contribution in [0.2, 0.25) is 5.02 Å². The predicted molar refractivity (Wildman–Crippen MR) is 88.5 cm³/mol. The summed E-state index contributed by atoms with van der Waals surface area (Å²) in [4.78, 5) is 1.38. The van der Waals surface area contributed by atoms with Gasteiger partial charge in [0.1, 0.15) is 0 Å². The van der Waals surface area contributed by atoms with Crippen molar-refractivity contribution in [2.24, 2.45) is 0 Å². The number of thiophene rings is 1. The molecule has 19 heavy (non-hydrogen) atoms. The molecule has 0 aliphatic rings. The van der Waals surface area contributed by atoms with Crippen LogP contribution in [0.25, 0.3) is 0 Å². The molecule has 2 aromatic rings. The van der Waals surface area contributed by atoms with E-state index in [1.54, 1.807) is 11.3 Å². The average Bonchev–Trinajstić information content (AvgIpc) is 2.81. The van der Waals surface area contributed by atoms with E-state index in [-0.39, 0.29) is 0 Å². The van der Waals surface area contributed by atoms with Crippen molar-refractivity contribution in [1.29, 1.82) is 0 Å². The third kappa shape index (κ3) is 4.32. The van der Waals surface area contributed by atoms with E-state index in [1.165, 1.54) is 10.4 Å². The molecule has 2 rings (SSSR count). The van der Waals surface area contributed by atoms with E-state index in [2.05, 4.69) is 51.7 Å². The van der Waals surface area contributed by atoms with Crippen LogP contribution in [-0.2, 0) is 6.42 Å². The molecule has 1 N–H and O–H groups in total. The molecular weight excluding hydrogens is 342 g/mol. The zero-order chi connectivity index (χ0) is 13.7. The van der Waals surface area contributed by atoms with Crippen LogP contribution in [0.15, 0.2) is 40.2 Å². The van der Waals surface area contributed by atoms with E-state index >= 15 is 0 Å². The molecule has 0 fully saturated rings. The third-order valence-electron chi connectivity index (χ3n) is 3.06. The van der Waals surface area contributed by atoms with Crippen LogP contribution in [0.5, 0.6) is 0 Å². The minimum absolute atomic E-state index is 0.416. The molecule has 0 aliphatic carbocycles. The Kier molecular flexibility index (Phi) is 5.89. The van der Waals surface area contributed by atoms with Gasteiger partial charge in [-0.2, -0.15) is 0 Å². The first kappa shape index (κ1) is 15.0. The van der Waals surface area contributed by atoms with Crippen molar-refractivity contribution in [2.75, 3.05) is 13.1 Å². The number of likely N-dealkylation sites (N-methyl/N-ethyl adjacent to an activating group) is 1. The summed E-state index contributed by atoms with van der Waals surface area (Å²) in [5.41, 5.74) is 1.23. The zero-order valence-corrected chi connectivity index (χ0v) is 14.0. The molecule has 102 valence electrons. The van der Waals surface area contributed by atoms with Gasteiger partial charge in [-0.1, -0.05) is 36.7 Å². The van der Waals surface area contributed by atoms with Gasteiger partial charge in [0.2, 0.25) is 0 Å². The fourth-order valence-electron chi connectivity index (χ4n) is 2.12. The van der Waals surface area contributed by atoms with Crippen LogP contribution in [0.4, 0.5) is 0 Å². The highest BCUT2D eigenvalue weighted by molar-refractivity contribution is 9.10. The van der Waals surface area contributed by atoms with Crippen molar-refractivity contribution >= 4 is 38.9 Å². The van der Waals surface area contributed by atoms with Crippen LogP contribution in [-0.4, -0.2) is 13.1 Å². The summed E-state index contributed by atoms with van der Waals surface area (Å²) < 4.78 is 1.16. The lowest BCUT2D eigenvalue weighted by molar-refractivity contribution is 0.598. The SMILES string of the molecule is CCNCC(Cc1cc(Br)cs1)c1ccccc1Cl. The summed E-state index contributed by atoms with van der Waals surface area (Å²) in [5, 5.41) is 6.43. The van der Waals surface area contributed by atoms with Crippen molar-refractivity contribution in [3.63, 3.8) is 0 Å². The maximum absolute atomic E-state index is 6.34. The molecule has 0 radical (unpaired) electrons. The third-order valence-corrected chi connectivity index (χ3v) is 5.12. The highest BCUT2D eigenvalue weighted by Gasteiger charge is 2.15. The summed E-state index contributed by atoms with van der Waals surface area (Å²) in [5.74, 6) is 0.416. The largest absolute Gasteiger partial charge is 0.316 e. The van der Waals surface area contributed by atoms with E-state index in [9.17, 15) is 0 Å². The van der Waals surface area contributed by atoms with Crippen LogP contribution in [0, 0.1) is 0 Å². The van der Waals surface area contributed by atoms with Gasteiger partial charge in [-0.05, 0) is 46.6 Å². The van der Waals surface area contributed by atoms with Gasteiger partial charge in [0.05, 0.1) is 0 Å². The van der Waals surface area contributed by atoms with Crippen LogP contribution in [0.1, 0.15) is 23.3 Å². The van der Waals surface area contributed by atoms with Gasteiger partial charge in [0.25, 0.3) is 0 Å². The summed E-state index contributed by atoms with van der Waals surface area (Å²) in [6, 6.07) is 10.3. The Morgan fingerprint density at radius 1 is 1.37 bits per heavy atom. The summed E-state index contributed by atoms with van der Waals surface area (Å²) in [6.07, 6.45) is 1.02. The standard InChI is InChI=1S/C15H17BrClNS/c1-2-18-9-11(7-13-8-12(16)10-19-13)14-5-3-4-6-15(14)17/h3-6,8,10-11,18H,2,7,9H2,1H3. The smallest absolute Gasteiger partial charge is 0.0441 e. The van der Waals surface area contributed by atoms with E-state index in [0.717, 1.165) is 29.0 Å². The maximum Gasteiger partial charge on any atom is 0.0441 e. The van der Waals surface area contributed by atoms with Crippen molar-refractivity contribution in [2.45, 2.75) is 19.3 Å². The Balaban J connectivity index is 2.18. The second kappa shape index (κ2) is 7.44. The minimum Gasteiger partial charge on any atom is -0.316 e. The van der Waals surface area contributed by atoms with E-state index in [0.29, 0.717) is 5.92 Å². The molecule has 4 heteroatoms. The molecule has 1 heterocycles. The number of rotatable bonds is 6. The number of nitrogens with one attached hydrogen (secondary N) is 1. The lowest BCUT2D eigenvalue weighted by atomic mass is 9.95. The Hall–Kier alpha value is -0.350. The quantitative estimate of drug-likeness (QED) is 0.757. The maximum atomic E-state index is 6.34. The highest BCUT2D eigenvalue weighted by atomic mass is 79.9. The van der Waals surface area contributed by atoms with Gasteiger partial charge in [-0.25, -0.2) is 0 Å². The second-order valence-corrected chi connectivity index (χ2v) is 6.78. The molecule has 0 bridgehead atoms. The predicted octanol–water partition coefficient (Wildman–Crippen LogP) is 5.10. The molecule has 1 nitrogen and oxygen atoms in total. The molecule has 1 aromatic heterocycles. The topological polar surface area (TPSA) is 12.0 Å². The number of benzene rings is 1. The summed E-state index contributed by atoms with van der Waals surface area (Å²) in [6.45, 7) is 4.07. The van der Waals surface area contributed by atoms with E-state index in [1.807, 2.05) is 12.1 Å². The number of hydrogen-bond donors (Lipinski definition) is 1. The first-order chi connectivity index (χ1) is 9.20. The lowest BCUT2D eigenvalue weighted by Crippen LogP contribution is -2.22. The minimum atomic E-state index is 0.416. The zero-order valence-electron chi connectivity index (χ0n) is 10.8. The number of halogens is 2. The van der Waals surface area contributed by atoms with Crippen LogP contribution < -0.4 is 5.32 Å².